The van der Waals surface area contributed by atoms with Crippen LogP contribution in [0.5, 0.6) is 0 Å². The van der Waals surface area contributed by atoms with Gasteiger partial charge in [-0.3, -0.25) is 4.79 Å². The number of quaternary nitrogens is 1. The average molecular weight is 353 g/mol. The van der Waals surface area contributed by atoms with Crippen molar-refractivity contribution in [1.82, 2.24) is 4.90 Å². The van der Waals surface area contributed by atoms with Crippen molar-refractivity contribution in [2.75, 3.05) is 24.5 Å². The van der Waals surface area contributed by atoms with Gasteiger partial charge in [-0.2, -0.15) is 5.23 Å². The van der Waals surface area contributed by atoms with Crippen molar-refractivity contribution in [1.29, 1.82) is 0 Å². The number of amides is 1. The smallest absolute Gasteiger partial charge is 0.253 e. The highest BCUT2D eigenvalue weighted by Crippen LogP contribution is 2.34. The Hall–Kier alpha value is -2.41. The second-order valence-corrected chi connectivity index (χ2v) is 6.95. The zero-order chi connectivity index (χ0) is 18.1. The van der Waals surface area contributed by atoms with Crippen LogP contribution >= 0.6 is 0 Å². The fourth-order valence-corrected chi connectivity index (χ4v) is 3.89. The molecule has 2 N–H and O–H groups in total. The van der Waals surface area contributed by atoms with Gasteiger partial charge in [-0.15, -0.1) is 0 Å². The fourth-order valence-electron chi connectivity index (χ4n) is 3.89. The second-order valence-electron chi connectivity index (χ2n) is 6.95. The first kappa shape index (κ1) is 17.0. The Labute approximate surface area is 152 Å². The molecule has 1 saturated heterocycles. The van der Waals surface area contributed by atoms with Gasteiger partial charge < -0.3 is 15.0 Å². The maximum atomic E-state index is 12.6. The Kier molecular flexibility index (Phi) is 4.63. The van der Waals surface area contributed by atoms with E-state index < -0.39 is 5.23 Å². The van der Waals surface area contributed by atoms with Crippen LogP contribution in [0.3, 0.4) is 0 Å². The van der Waals surface area contributed by atoms with Crippen LogP contribution in [0.2, 0.25) is 0 Å². The van der Waals surface area contributed by atoms with Gasteiger partial charge in [0.2, 0.25) is 0 Å². The summed E-state index contributed by atoms with van der Waals surface area (Å²) >= 11 is 0. The number of aryl methyl sites for hydroxylation is 1. The number of rotatable bonds is 3. The lowest BCUT2D eigenvalue weighted by Gasteiger charge is -2.32. The van der Waals surface area contributed by atoms with Crippen molar-refractivity contribution < 1.29 is 15.2 Å². The van der Waals surface area contributed by atoms with Gasteiger partial charge in [0.1, 0.15) is 0 Å². The maximum absolute atomic E-state index is 12.6. The summed E-state index contributed by atoms with van der Waals surface area (Å²) in [5, 5.41) is 19.2. The molecule has 0 radical (unpaired) electrons. The lowest BCUT2D eigenvalue weighted by molar-refractivity contribution is -0.991. The maximum Gasteiger partial charge on any atom is 0.253 e. The third-order valence-electron chi connectivity index (χ3n) is 5.26. The third-order valence-corrected chi connectivity index (χ3v) is 5.26. The summed E-state index contributed by atoms with van der Waals surface area (Å²) in [5.74, 6) is 0.133. The molecule has 2 aliphatic heterocycles. The monoisotopic (exact) mass is 353 g/mol. The van der Waals surface area contributed by atoms with Crippen molar-refractivity contribution in [2.24, 2.45) is 0 Å². The number of likely N-dealkylation sites (tertiary alicyclic amines) is 1. The Morgan fingerprint density at radius 3 is 2.42 bits per heavy atom. The fraction of sp³-hybridized carbons (Fsp3) is 0.350. The molecule has 0 aromatic heterocycles. The molecule has 4 rings (SSSR count). The van der Waals surface area contributed by atoms with E-state index >= 15 is 0 Å². The molecule has 2 aromatic rings. The molecule has 0 spiro atoms. The molecule has 1 atom stereocenters. The first-order chi connectivity index (χ1) is 12.6. The summed E-state index contributed by atoms with van der Waals surface area (Å²) in [7, 11) is 0. The van der Waals surface area contributed by atoms with Gasteiger partial charge >= 0.3 is 0 Å². The van der Waals surface area contributed by atoms with Crippen LogP contribution in [0.1, 0.15) is 35.2 Å². The molecular formula is C20H23N3O3. The molecule has 0 bridgehead atoms. The third kappa shape index (κ3) is 3.19. The van der Waals surface area contributed by atoms with E-state index in [4.69, 9.17) is 5.21 Å². The Morgan fingerprint density at radius 2 is 1.73 bits per heavy atom. The van der Waals surface area contributed by atoms with Crippen molar-refractivity contribution in [3.05, 3.63) is 58.8 Å². The molecule has 0 saturated carbocycles. The predicted octanol–water partition coefficient (Wildman–Crippen LogP) is 2.41. The molecule has 2 heterocycles. The predicted molar refractivity (Wildman–Crippen MR) is 99.1 cm³/mol. The molecule has 136 valence electrons. The number of carbonyl (C=O) groups is 1. The zero-order valence-corrected chi connectivity index (χ0v) is 14.6. The molecule has 6 nitrogen and oxygen atoms in total. The normalized spacial score (nSPS) is 17.9. The SMILES string of the molecule is O=C(c1ccc2c(c1)CCCN2c1ccc([NH+]([O-])O)cc1)N1CCCC1. The molecule has 26 heavy (non-hydrogen) atoms. The van der Waals surface area contributed by atoms with Gasteiger partial charge in [0.05, 0.1) is 0 Å². The number of benzene rings is 2. The quantitative estimate of drug-likeness (QED) is 0.832. The molecule has 1 amide bonds. The van der Waals surface area contributed by atoms with Crippen molar-refractivity contribution in [3.63, 3.8) is 0 Å². The van der Waals surface area contributed by atoms with E-state index in [0.717, 1.165) is 62.3 Å². The number of anilines is 2. The standard InChI is InChI=1S/C20H23N3O3/c24-20(21-11-1-2-12-21)16-5-10-19-15(14-16)4-3-13-22(19)17-6-8-18(9-7-17)23(25)26/h5-10,14,23,25H,1-4,11-13H2. The molecule has 0 aliphatic carbocycles. The van der Waals surface area contributed by atoms with Gasteiger partial charge in [0, 0.05) is 48.7 Å². The van der Waals surface area contributed by atoms with Gasteiger partial charge in [-0.05, 0) is 61.6 Å². The molecular weight excluding hydrogens is 330 g/mol. The molecule has 1 unspecified atom stereocenters. The molecule has 6 heteroatoms. The van der Waals surface area contributed by atoms with E-state index in [-0.39, 0.29) is 11.6 Å². The van der Waals surface area contributed by atoms with Crippen LogP contribution in [0, 0.1) is 5.21 Å². The van der Waals surface area contributed by atoms with Crippen LogP contribution in [0.4, 0.5) is 17.1 Å². The van der Waals surface area contributed by atoms with E-state index in [2.05, 4.69) is 4.90 Å². The van der Waals surface area contributed by atoms with Crippen molar-refractivity contribution in [3.8, 4) is 0 Å². The topological polar surface area (TPSA) is 71.3 Å². The largest absolute Gasteiger partial charge is 0.595 e. The summed E-state index contributed by atoms with van der Waals surface area (Å²) in [4.78, 5) is 16.8. The average Bonchev–Trinajstić information content (AvgIpc) is 3.21. The van der Waals surface area contributed by atoms with Gasteiger partial charge in [0.25, 0.3) is 5.91 Å². The van der Waals surface area contributed by atoms with Gasteiger partial charge in [0.15, 0.2) is 5.69 Å². The molecule has 2 aliphatic rings. The highest BCUT2D eigenvalue weighted by molar-refractivity contribution is 5.95. The van der Waals surface area contributed by atoms with E-state index in [0.29, 0.717) is 0 Å². The number of nitrogens with one attached hydrogen (secondary N) is 1. The lowest BCUT2D eigenvalue weighted by atomic mass is 9.98. The minimum Gasteiger partial charge on any atom is -0.595 e. The van der Waals surface area contributed by atoms with Gasteiger partial charge in [-0.25, -0.2) is 5.21 Å². The van der Waals surface area contributed by atoms with E-state index in [1.54, 1.807) is 12.1 Å². The van der Waals surface area contributed by atoms with Crippen LogP contribution in [-0.2, 0) is 6.42 Å². The highest BCUT2D eigenvalue weighted by atomic mass is 16.8. The Bertz CT molecular complexity index is 798. The van der Waals surface area contributed by atoms with Crippen LogP contribution < -0.4 is 10.1 Å². The van der Waals surface area contributed by atoms with E-state index in [1.807, 2.05) is 35.2 Å². The minimum absolute atomic E-state index is 0.133. The first-order valence-electron chi connectivity index (χ1n) is 9.16. The first-order valence-corrected chi connectivity index (χ1v) is 9.16. The number of nitrogens with zero attached hydrogens (tertiary/aromatic N) is 2. The molecule has 1 fully saturated rings. The number of hydrogen-bond acceptors (Lipinski definition) is 4. The van der Waals surface area contributed by atoms with E-state index in [1.165, 1.54) is 5.56 Å². The lowest BCUT2D eigenvalue weighted by Crippen LogP contribution is -2.99. The summed E-state index contributed by atoms with van der Waals surface area (Å²) in [6.45, 7) is 2.61. The number of carbonyl (C=O) groups excluding carboxylic acids is 1. The van der Waals surface area contributed by atoms with Crippen LogP contribution in [0.25, 0.3) is 0 Å². The van der Waals surface area contributed by atoms with Crippen LogP contribution in [0.15, 0.2) is 42.5 Å². The zero-order valence-electron chi connectivity index (χ0n) is 14.6. The molecule has 2 aromatic carbocycles. The summed E-state index contributed by atoms with van der Waals surface area (Å²) in [6.07, 6.45) is 4.16. The summed E-state index contributed by atoms with van der Waals surface area (Å²) < 4.78 is 0. The Morgan fingerprint density at radius 1 is 1.00 bits per heavy atom. The number of fused-ring (bicyclic) bond motifs is 1. The van der Waals surface area contributed by atoms with Crippen LogP contribution in [-0.4, -0.2) is 35.6 Å². The highest BCUT2D eigenvalue weighted by Gasteiger charge is 2.23. The second kappa shape index (κ2) is 7.07. The Balaban J connectivity index is 1.61. The number of hydrogen-bond donors (Lipinski definition) is 2. The van der Waals surface area contributed by atoms with E-state index in [9.17, 15) is 10.0 Å². The summed E-state index contributed by atoms with van der Waals surface area (Å²) in [6, 6.07) is 13.0. The summed E-state index contributed by atoms with van der Waals surface area (Å²) in [5.41, 5.74) is 4.33. The van der Waals surface area contributed by atoms with Crippen molar-refractivity contribution in [2.45, 2.75) is 25.7 Å². The van der Waals surface area contributed by atoms with Gasteiger partial charge in [-0.1, -0.05) is 0 Å². The minimum atomic E-state index is -0.916. The van der Waals surface area contributed by atoms with Crippen molar-refractivity contribution >= 4 is 23.0 Å².